The van der Waals surface area contributed by atoms with Gasteiger partial charge in [-0.3, -0.25) is 4.79 Å². The molecule has 1 amide bonds. The van der Waals surface area contributed by atoms with E-state index in [2.05, 4.69) is 35.8 Å². The molecule has 0 radical (unpaired) electrons. The average molecular weight is 347 g/mol. The van der Waals surface area contributed by atoms with Crippen LogP contribution in [0.25, 0.3) is 10.9 Å². The Morgan fingerprint density at radius 3 is 2.69 bits per heavy atom. The molecule has 1 atom stereocenters. The van der Waals surface area contributed by atoms with Crippen LogP contribution in [0.2, 0.25) is 0 Å². The summed E-state index contributed by atoms with van der Waals surface area (Å²) in [4.78, 5) is 15.0. The van der Waals surface area contributed by atoms with Crippen molar-refractivity contribution in [3.05, 3.63) is 65.4 Å². The Morgan fingerprint density at radius 2 is 1.88 bits per heavy atom. The van der Waals surface area contributed by atoms with Gasteiger partial charge in [0.15, 0.2) is 0 Å². The Bertz CT molecular complexity index is 971. The first kappa shape index (κ1) is 16.9. The quantitative estimate of drug-likeness (QED) is 0.786. The topological polar surface area (TPSA) is 51.3 Å². The van der Waals surface area contributed by atoms with Gasteiger partial charge in [-0.05, 0) is 49.9 Å². The van der Waals surface area contributed by atoms with Crippen molar-refractivity contribution >= 4 is 22.5 Å². The molecule has 1 aliphatic rings. The summed E-state index contributed by atoms with van der Waals surface area (Å²) in [5.41, 5.74) is 11.9. The van der Waals surface area contributed by atoms with Gasteiger partial charge in [0.25, 0.3) is 0 Å². The summed E-state index contributed by atoms with van der Waals surface area (Å²) in [5.74, 6) is 0.145. The lowest BCUT2D eigenvalue weighted by atomic mass is 10.0. The van der Waals surface area contributed by atoms with E-state index in [0.29, 0.717) is 6.54 Å². The Kier molecular flexibility index (Phi) is 4.29. The van der Waals surface area contributed by atoms with Crippen molar-refractivity contribution in [3.8, 4) is 0 Å². The van der Waals surface area contributed by atoms with E-state index in [1.165, 1.54) is 16.5 Å². The number of fused-ring (bicyclic) bond motifs is 2. The lowest BCUT2D eigenvalue weighted by Gasteiger charge is -2.19. The molecule has 4 rings (SSSR count). The van der Waals surface area contributed by atoms with Crippen LogP contribution in [0.1, 0.15) is 23.7 Å². The first-order valence-electron chi connectivity index (χ1n) is 9.27. The number of para-hydroxylation sites is 2. The lowest BCUT2D eigenvalue weighted by Crippen LogP contribution is -2.32. The predicted molar refractivity (Wildman–Crippen MR) is 107 cm³/mol. The SMILES string of the molecule is Cc1c(CC(C)N)c2ccccc2n1CC(=O)N1CCc2ccccc21. The third-order valence-electron chi connectivity index (χ3n) is 5.37. The second-order valence-corrected chi connectivity index (χ2v) is 7.27. The van der Waals surface area contributed by atoms with E-state index < -0.39 is 0 Å². The van der Waals surface area contributed by atoms with Gasteiger partial charge >= 0.3 is 0 Å². The molecule has 2 heterocycles. The fraction of sp³-hybridized carbons (Fsp3) is 0.318. The van der Waals surface area contributed by atoms with Crippen LogP contribution in [0.15, 0.2) is 48.5 Å². The van der Waals surface area contributed by atoms with Crippen LogP contribution in [0.5, 0.6) is 0 Å². The lowest BCUT2D eigenvalue weighted by molar-refractivity contribution is -0.119. The van der Waals surface area contributed by atoms with Gasteiger partial charge in [-0.25, -0.2) is 0 Å². The largest absolute Gasteiger partial charge is 0.335 e. The van der Waals surface area contributed by atoms with Gasteiger partial charge in [0.05, 0.1) is 0 Å². The molecular formula is C22H25N3O. The highest BCUT2D eigenvalue weighted by molar-refractivity contribution is 5.96. The van der Waals surface area contributed by atoms with E-state index in [1.54, 1.807) is 0 Å². The Balaban J connectivity index is 1.70. The number of benzene rings is 2. The van der Waals surface area contributed by atoms with E-state index in [4.69, 9.17) is 5.73 Å². The second kappa shape index (κ2) is 6.61. The molecule has 4 heteroatoms. The van der Waals surface area contributed by atoms with Crippen molar-refractivity contribution in [1.29, 1.82) is 0 Å². The number of aromatic nitrogens is 1. The van der Waals surface area contributed by atoms with Crippen molar-refractivity contribution in [3.63, 3.8) is 0 Å². The number of carbonyl (C=O) groups excluding carboxylic acids is 1. The summed E-state index contributed by atoms with van der Waals surface area (Å²) in [5, 5.41) is 1.21. The molecule has 0 saturated carbocycles. The monoisotopic (exact) mass is 347 g/mol. The minimum atomic E-state index is 0.0918. The first-order valence-corrected chi connectivity index (χ1v) is 9.27. The van der Waals surface area contributed by atoms with Crippen LogP contribution in [-0.4, -0.2) is 23.1 Å². The highest BCUT2D eigenvalue weighted by Gasteiger charge is 2.25. The van der Waals surface area contributed by atoms with E-state index in [9.17, 15) is 4.79 Å². The van der Waals surface area contributed by atoms with Crippen molar-refractivity contribution in [2.24, 2.45) is 5.73 Å². The van der Waals surface area contributed by atoms with Crippen LogP contribution in [-0.2, 0) is 24.2 Å². The molecule has 1 aromatic heterocycles. The molecular weight excluding hydrogens is 322 g/mol. The van der Waals surface area contributed by atoms with Gasteiger partial charge in [-0.1, -0.05) is 36.4 Å². The van der Waals surface area contributed by atoms with E-state index in [-0.39, 0.29) is 11.9 Å². The van der Waals surface area contributed by atoms with E-state index in [1.807, 2.05) is 36.1 Å². The number of rotatable bonds is 4. The highest BCUT2D eigenvalue weighted by atomic mass is 16.2. The van der Waals surface area contributed by atoms with Crippen LogP contribution in [0, 0.1) is 6.92 Å². The molecule has 4 nitrogen and oxygen atoms in total. The molecule has 1 aliphatic heterocycles. The predicted octanol–water partition coefficient (Wildman–Crippen LogP) is 3.43. The van der Waals surface area contributed by atoms with Gasteiger partial charge < -0.3 is 15.2 Å². The minimum Gasteiger partial charge on any atom is -0.335 e. The van der Waals surface area contributed by atoms with Crippen LogP contribution in [0.4, 0.5) is 5.69 Å². The molecule has 0 saturated heterocycles. The molecule has 0 fully saturated rings. The fourth-order valence-electron chi connectivity index (χ4n) is 4.10. The molecule has 2 N–H and O–H groups in total. The molecule has 0 spiro atoms. The normalized spacial score (nSPS) is 14.7. The van der Waals surface area contributed by atoms with Crippen molar-refractivity contribution in [2.75, 3.05) is 11.4 Å². The number of amides is 1. The standard InChI is InChI=1S/C22H25N3O/c1-15(23)13-19-16(2)25(21-10-6-4-8-18(19)21)14-22(26)24-12-11-17-7-3-5-9-20(17)24/h3-10,15H,11-14,23H2,1-2H3. The molecule has 26 heavy (non-hydrogen) atoms. The maximum atomic E-state index is 13.1. The van der Waals surface area contributed by atoms with Crippen LogP contribution >= 0.6 is 0 Å². The third-order valence-corrected chi connectivity index (χ3v) is 5.37. The summed E-state index contributed by atoms with van der Waals surface area (Å²) in [6.45, 7) is 5.25. The van der Waals surface area contributed by atoms with Crippen LogP contribution in [0.3, 0.4) is 0 Å². The maximum absolute atomic E-state index is 13.1. The molecule has 1 unspecified atom stereocenters. The first-order chi connectivity index (χ1) is 12.6. The molecule has 0 bridgehead atoms. The summed E-state index contributed by atoms with van der Waals surface area (Å²) in [6.07, 6.45) is 1.75. The zero-order valence-electron chi connectivity index (χ0n) is 15.4. The summed E-state index contributed by atoms with van der Waals surface area (Å²) >= 11 is 0. The summed E-state index contributed by atoms with van der Waals surface area (Å²) < 4.78 is 2.15. The van der Waals surface area contributed by atoms with Gasteiger partial charge in [-0.15, -0.1) is 0 Å². The number of nitrogens with zero attached hydrogens (tertiary/aromatic N) is 2. The van der Waals surface area contributed by atoms with Gasteiger partial charge in [0.2, 0.25) is 5.91 Å². The van der Waals surface area contributed by atoms with Crippen LogP contribution < -0.4 is 10.6 Å². The summed E-state index contributed by atoms with van der Waals surface area (Å²) in [7, 11) is 0. The average Bonchev–Trinajstić information content (AvgIpc) is 3.17. The zero-order chi connectivity index (χ0) is 18.3. The zero-order valence-corrected chi connectivity index (χ0v) is 15.4. The Morgan fingerprint density at radius 1 is 1.15 bits per heavy atom. The molecule has 0 aliphatic carbocycles. The Hall–Kier alpha value is -2.59. The van der Waals surface area contributed by atoms with Crippen molar-refractivity contribution in [1.82, 2.24) is 4.57 Å². The number of anilines is 1. The van der Waals surface area contributed by atoms with Crippen molar-refractivity contribution < 1.29 is 4.79 Å². The maximum Gasteiger partial charge on any atom is 0.246 e. The molecule has 3 aromatic rings. The Labute approximate surface area is 154 Å². The smallest absolute Gasteiger partial charge is 0.246 e. The van der Waals surface area contributed by atoms with E-state index >= 15 is 0 Å². The minimum absolute atomic E-state index is 0.0918. The second-order valence-electron chi connectivity index (χ2n) is 7.27. The van der Waals surface area contributed by atoms with Gasteiger partial charge in [-0.2, -0.15) is 0 Å². The number of carbonyl (C=O) groups is 1. The third kappa shape index (κ3) is 2.80. The van der Waals surface area contributed by atoms with E-state index in [0.717, 1.165) is 36.3 Å². The number of hydrogen-bond acceptors (Lipinski definition) is 2. The number of hydrogen-bond donors (Lipinski definition) is 1. The summed E-state index contributed by atoms with van der Waals surface area (Å²) in [6, 6.07) is 16.6. The molecule has 134 valence electrons. The molecule has 2 aromatic carbocycles. The van der Waals surface area contributed by atoms with Gasteiger partial charge in [0, 0.05) is 34.9 Å². The van der Waals surface area contributed by atoms with Gasteiger partial charge in [0.1, 0.15) is 6.54 Å². The fourth-order valence-corrected chi connectivity index (χ4v) is 4.10. The highest BCUT2D eigenvalue weighted by Crippen LogP contribution is 2.30. The number of nitrogens with two attached hydrogens (primary N) is 1. The van der Waals surface area contributed by atoms with Crippen molar-refractivity contribution in [2.45, 2.75) is 39.3 Å².